The molecule has 0 unspecified atom stereocenters. The smallest absolute Gasteiger partial charge is 0.123 e. The normalized spacial score (nSPS) is 10.5. The van der Waals surface area contributed by atoms with E-state index in [0.717, 1.165) is 12.1 Å². The molecule has 0 aliphatic rings. The van der Waals surface area contributed by atoms with E-state index in [-0.39, 0.29) is 11.6 Å². The van der Waals surface area contributed by atoms with Crippen molar-refractivity contribution in [1.82, 2.24) is 0 Å². The molecule has 0 spiro atoms. The summed E-state index contributed by atoms with van der Waals surface area (Å²) in [5, 5.41) is 12.8. The second-order valence-corrected chi connectivity index (χ2v) is 4.93. The molecule has 0 saturated heterocycles. The molecule has 2 nitrogen and oxygen atoms in total. The average molecular weight is 273 g/mol. The van der Waals surface area contributed by atoms with Gasteiger partial charge in [0.25, 0.3) is 0 Å². The Hall–Kier alpha value is -2.03. The van der Waals surface area contributed by atoms with Gasteiger partial charge >= 0.3 is 0 Å². The second-order valence-electron chi connectivity index (χ2n) is 4.93. The number of aromatic hydroxyl groups is 1. The highest BCUT2D eigenvalue weighted by molar-refractivity contribution is 5.46. The second kappa shape index (κ2) is 6.94. The van der Waals surface area contributed by atoms with Gasteiger partial charge in [0, 0.05) is 17.8 Å². The van der Waals surface area contributed by atoms with Gasteiger partial charge in [-0.15, -0.1) is 0 Å². The predicted octanol–water partition coefficient (Wildman–Crippen LogP) is 4.49. The van der Waals surface area contributed by atoms with Gasteiger partial charge in [-0.3, -0.25) is 0 Å². The lowest BCUT2D eigenvalue weighted by Crippen LogP contribution is -2.00. The van der Waals surface area contributed by atoms with E-state index in [0.29, 0.717) is 12.1 Å². The van der Waals surface area contributed by atoms with E-state index in [9.17, 15) is 9.50 Å². The molecule has 2 N–H and O–H groups in total. The highest BCUT2D eigenvalue weighted by atomic mass is 19.1. The Balaban J connectivity index is 1.95. The van der Waals surface area contributed by atoms with E-state index < -0.39 is 0 Å². The number of benzene rings is 2. The number of halogens is 1. The number of phenols is 1. The highest BCUT2D eigenvalue weighted by Gasteiger charge is 2.03. The molecule has 2 aromatic carbocycles. The number of rotatable bonds is 6. The molecule has 106 valence electrons. The van der Waals surface area contributed by atoms with E-state index in [1.54, 1.807) is 0 Å². The molecule has 0 aromatic heterocycles. The fraction of sp³-hybridized carbons (Fsp3) is 0.294. The predicted molar refractivity (Wildman–Crippen MR) is 80.4 cm³/mol. The lowest BCUT2D eigenvalue weighted by molar-refractivity contribution is 0.466. The molecule has 2 rings (SSSR count). The topological polar surface area (TPSA) is 32.3 Å². The molecule has 0 fully saturated rings. The summed E-state index contributed by atoms with van der Waals surface area (Å²) in [6, 6.07) is 12.2. The van der Waals surface area contributed by atoms with Crippen molar-refractivity contribution < 1.29 is 9.50 Å². The zero-order valence-corrected chi connectivity index (χ0v) is 11.7. The summed E-state index contributed by atoms with van der Waals surface area (Å²) >= 11 is 0. The molecule has 0 amide bonds. The molecule has 0 aliphatic heterocycles. The van der Waals surface area contributed by atoms with Crippen LogP contribution >= 0.6 is 0 Å². The Labute approximate surface area is 119 Å². The van der Waals surface area contributed by atoms with E-state index in [2.05, 4.69) is 24.4 Å². The number of hydrogen-bond acceptors (Lipinski definition) is 2. The van der Waals surface area contributed by atoms with Crippen LogP contribution in [0, 0.1) is 5.82 Å². The largest absolute Gasteiger partial charge is 0.508 e. The molecule has 0 heterocycles. The summed E-state index contributed by atoms with van der Waals surface area (Å²) < 4.78 is 13.1. The summed E-state index contributed by atoms with van der Waals surface area (Å²) in [5.74, 6) is -0.229. The Kier molecular flexibility index (Phi) is 4.99. The zero-order valence-electron chi connectivity index (χ0n) is 11.7. The summed E-state index contributed by atoms with van der Waals surface area (Å²) in [7, 11) is 0. The molecule has 0 bridgehead atoms. The van der Waals surface area contributed by atoms with Crippen LogP contribution in [0.3, 0.4) is 0 Å². The first kappa shape index (κ1) is 14.4. The van der Waals surface area contributed by atoms with E-state index in [1.807, 2.05) is 12.1 Å². The lowest BCUT2D eigenvalue weighted by Gasteiger charge is -2.09. The Morgan fingerprint density at radius 1 is 1.10 bits per heavy atom. The maximum absolute atomic E-state index is 13.1. The molecular formula is C17H20FNO. The van der Waals surface area contributed by atoms with Crippen molar-refractivity contribution in [2.75, 3.05) is 5.32 Å². The van der Waals surface area contributed by atoms with Gasteiger partial charge in [-0.1, -0.05) is 25.5 Å². The Morgan fingerprint density at radius 3 is 2.55 bits per heavy atom. The van der Waals surface area contributed by atoms with Crippen molar-refractivity contribution >= 4 is 5.69 Å². The van der Waals surface area contributed by atoms with Gasteiger partial charge in [0.1, 0.15) is 11.6 Å². The SMILES string of the molecule is CCCCc1ccc(NCc2cc(F)ccc2O)cc1. The molecule has 0 aliphatic carbocycles. The maximum Gasteiger partial charge on any atom is 0.123 e. The molecule has 0 atom stereocenters. The fourth-order valence-corrected chi connectivity index (χ4v) is 2.06. The number of nitrogens with one attached hydrogen (secondary N) is 1. The molecule has 20 heavy (non-hydrogen) atoms. The summed E-state index contributed by atoms with van der Waals surface area (Å²) in [6.45, 7) is 2.58. The molecular weight excluding hydrogens is 253 g/mol. The van der Waals surface area contributed by atoms with Crippen LogP contribution in [0.25, 0.3) is 0 Å². The standard InChI is InChI=1S/C17H20FNO/c1-2-3-4-13-5-8-16(9-6-13)19-12-14-11-15(18)7-10-17(14)20/h5-11,19-20H,2-4,12H2,1H3. The van der Waals surface area contributed by atoms with Crippen LogP contribution in [-0.2, 0) is 13.0 Å². The van der Waals surface area contributed by atoms with Gasteiger partial charge in [0.2, 0.25) is 0 Å². The van der Waals surface area contributed by atoms with Crippen LogP contribution in [-0.4, -0.2) is 5.11 Å². The molecule has 0 saturated carbocycles. The third-order valence-corrected chi connectivity index (χ3v) is 3.30. The number of aryl methyl sites for hydroxylation is 1. The minimum atomic E-state index is -0.338. The Morgan fingerprint density at radius 2 is 1.85 bits per heavy atom. The first-order valence-electron chi connectivity index (χ1n) is 6.99. The van der Waals surface area contributed by atoms with Crippen LogP contribution in [0.5, 0.6) is 5.75 Å². The third-order valence-electron chi connectivity index (χ3n) is 3.30. The lowest BCUT2D eigenvalue weighted by atomic mass is 10.1. The van der Waals surface area contributed by atoms with Crippen LogP contribution in [0.15, 0.2) is 42.5 Å². The van der Waals surface area contributed by atoms with Gasteiger partial charge < -0.3 is 10.4 Å². The minimum Gasteiger partial charge on any atom is -0.508 e. The molecule has 0 radical (unpaired) electrons. The highest BCUT2D eigenvalue weighted by Crippen LogP contribution is 2.20. The van der Waals surface area contributed by atoms with Gasteiger partial charge in [0.15, 0.2) is 0 Å². The van der Waals surface area contributed by atoms with Crippen LogP contribution in [0.1, 0.15) is 30.9 Å². The van der Waals surface area contributed by atoms with Crippen LogP contribution < -0.4 is 5.32 Å². The van der Waals surface area contributed by atoms with Gasteiger partial charge in [0.05, 0.1) is 0 Å². The van der Waals surface area contributed by atoms with E-state index >= 15 is 0 Å². The first-order chi connectivity index (χ1) is 9.69. The van der Waals surface area contributed by atoms with Crippen molar-refractivity contribution in [1.29, 1.82) is 0 Å². The van der Waals surface area contributed by atoms with Crippen LogP contribution in [0.2, 0.25) is 0 Å². The average Bonchev–Trinajstić information content (AvgIpc) is 2.47. The number of hydrogen-bond donors (Lipinski definition) is 2. The molecule has 2 aromatic rings. The third kappa shape index (κ3) is 3.98. The quantitative estimate of drug-likeness (QED) is 0.813. The molecule has 3 heteroatoms. The van der Waals surface area contributed by atoms with Crippen molar-refractivity contribution in [2.45, 2.75) is 32.7 Å². The Bertz CT molecular complexity index is 551. The number of unbranched alkanes of at least 4 members (excludes halogenated alkanes) is 1. The van der Waals surface area contributed by atoms with E-state index in [4.69, 9.17) is 0 Å². The monoisotopic (exact) mass is 273 g/mol. The van der Waals surface area contributed by atoms with Crippen molar-refractivity contribution in [3.8, 4) is 5.75 Å². The van der Waals surface area contributed by atoms with Crippen LogP contribution in [0.4, 0.5) is 10.1 Å². The summed E-state index contributed by atoms with van der Waals surface area (Å²) in [4.78, 5) is 0. The summed E-state index contributed by atoms with van der Waals surface area (Å²) in [5.41, 5.74) is 2.85. The van der Waals surface area contributed by atoms with Gasteiger partial charge in [-0.2, -0.15) is 0 Å². The fourth-order valence-electron chi connectivity index (χ4n) is 2.06. The minimum absolute atomic E-state index is 0.110. The van der Waals surface area contributed by atoms with Gasteiger partial charge in [-0.05, 0) is 48.7 Å². The summed E-state index contributed by atoms with van der Waals surface area (Å²) in [6.07, 6.45) is 3.49. The van der Waals surface area contributed by atoms with Gasteiger partial charge in [-0.25, -0.2) is 4.39 Å². The van der Waals surface area contributed by atoms with Crippen molar-refractivity contribution in [3.05, 3.63) is 59.4 Å². The number of phenolic OH excluding ortho intramolecular Hbond substituents is 1. The van der Waals surface area contributed by atoms with Crippen molar-refractivity contribution in [2.24, 2.45) is 0 Å². The first-order valence-corrected chi connectivity index (χ1v) is 6.99. The van der Waals surface area contributed by atoms with Crippen molar-refractivity contribution in [3.63, 3.8) is 0 Å². The van der Waals surface area contributed by atoms with E-state index in [1.165, 1.54) is 36.6 Å². The zero-order chi connectivity index (χ0) is 14.4. The maximum atomic E-state index is 13.1. The number of anilines is 1.